The highest BCUT2D eigenvalue weighted by molar-refractivity contribution is 5.85. The molecule has 1 aliphatic rings. The van der Waals surface area contributed by atoms with Crippen molar-refractivity contribution in [2.24, 2.45) is 5.92 Å². The predicted molar refractivity (Wildman–Crippen MR) is 95.3 cm³/mol. The quantitative estimate of drug-likeness (QED) is 0.870. The normalized spacial score (nSPS) is 13.8. The summed E-state index contributed by atoms with van der Waals surface area (Å²) in [5.41, 5.74) is 4.60. The Balaban J connectivity index is 0.00000208. The second-order valence-electron chi connectivity index (χ2n) is 6.16. The SMILES string of the molecule is CC(Cc1cccc(F)c1)C(=O)NCc1ccc2c(c1)CNC2.Cl. The van der Waals surface area contributed by atoms with Crippen molar-refractivity contribution in [3.8, 4) is 0 Å². The molecule has 2 aromatic rings. The van der Waals surface area contributed by atoms with Gasteiger partial charge >= 0.3 is 0 Å². The van der Waals surface area contributed by atoms with Crippen LogP contribution in [-0.4, -0.2) is 5.91 Å². The van der Waals surface area contributed by atoms with Gasteiger partial charge in [-0.1, -0.05) is 37.3 Å². The number of amides is 1. The summed E-state index contributed by atoms with van der Waals surface area (Å²) in [7, 11) is 0. The van der Waals surface area contributed by atoms with E-state index in [1.165, 1.54) is 23.3 Å². The van der Waals surface area contributed by atoms with Crippen LogP contribution in [0, 0.1) is 11.7 Å². The Bertz CT molecular complexity index is 720. The lowest BCUT2D eigenvalue weighted by atomic mass is 10.00. The highest BCUT2D eigenvalue weighted by Crippen LogP contribution is 2.17. The lowest BCUT2D eigenvalue weighted by Crippen LogP contribution is -2.29. The van der Waals surface area contributed by atoms with Crippen LogP contribution >= 0.6 is 12.4 Å². The molecule has 3 rings (SSSR count). The first-order valence-electron chi connectivity index (χ1n) is 7.95. The van der Waals surface area contributed by atoms with Gasteiger partial charge in [0.1, 0.15) is 5.82 Å². The van der Waals surface area contributed by atoms with Crippen LogP contribution in [0.3, 0.4) is 0 Å². The number of carbonyl (C=O) groups excluding carboxylic acids is 1. The summed E-state index contributed by atoms with van der Waals surface area (Å²) in [6.45, 7) is 4.21. The number of fused-ring (bicyclic) bond motifs is 1. The molecule has 0 saturated heterocycles. The molecule has 0 aromatic heterocycles. The minimum Gasteiger partial charge on any atom is -0.352 e. The minimum absolute atomic E-state index is 0. The van der Waals surface area contributed by atoms with E-state index < -0.39 is 0 Å². The molecule has 0 fully saturated rings. The number of rotatable bonds is 5. The van der Waals surface area contributed by atoms with E-state index in [9.17, 15) is 9.18 Å². The highest BCUT2D eigenvalue weighted by Gasteiger charge is 2.14. The van der Waals surface area contributed by atoms with Crippen LogP contribution in [0.25, 0.3) is 0 Å². The first kappa shape index (κ1) is 18.4. The van der Waals surface area contributed by atoms with E-state index in [0.29, 0.717) is 13.0 Å². The fourth-order valence-electron chi connectivity index (χ4n) is 2.93. The zero-order chi connectivity index (χ0) is 16.2. The van der Waals surface area contributed by atoms with Crippen molar-refractivity contribution in [1.29, 1.82) is 0 Å². The van der Waals surface area contributed by atoms with E-state index >= 15 is 0 Å². The third-order valence-electron chi connectivity index (χ3n) is 4.25. The van der Waals surface area contributed by atoms with E-state index in [1.54, 1.807) is 6.07 Å². The molecule has 1 atom stereocenters. The molecule has 0 bridgehead atoms. The van der Waals surface area contributed by atoms with Gasteiger partial charge in [-0.25, -0.2) is 4.39 Å². The summed E-state index contributed by atoms with van der Waals surface area (Å²) in [6.07, 6.45) is 0.539. The second-order valence-corrected chi connectivity index (χ2v) is 6.16. The van der Waals surface area contributed by atoms with Crippen molar-refractivity contribution >= 4 is 18.3 Å². The fraction of sp³-hybridized carbons (Fsp3) is 0.316. The molecule has 0 radical (unpaired) electrons. The van der Waals surface area contributed by atoms with Crippen molar-refractivity contribution < 1.29 is 9.18 Å². The van der Waals surface area contributed by atoms with Gasteiger partial charge < -0.3 is 10.6 Å². The topological polar surface area (TPSA) is 41.1 Å². The number of carbonyl (C=O) groups is 1. The molecule has 128 valence electrons. The van der Waals surface area contributed by atoms with E-state index in [-0.39, 0.29) is 30.0 Å². The molecule has 2 N–H and O–H groups in total. The van der Waals surface area contributed by atoms with Crippen molar-refractivity contribution in [3.05, 3.63) is 70.5 Å². The van der Waals surface area contributed by atoms with Crippen LogP contribution < -0.4 is 10.6 Å². The summed E-state index contributed by atoms with van der Waals surface area (Å²) in [5, 5.41) is 6.28. The van der Waals surface area contributed by atoms with Crippen molar-refractivity contribution in [2.75, 3.05) is 0 Å². The molecule has 2 aromatic carbocycles. The number of nitrogens with one attached hydrogen (secondary N) is 2. The lowest BCUT2D eigenvalue weighted by Gasteiger charge is -2.13. The molecule has 1 aliphatic heterocycles. The Morgan fingerprint density at radius 1 is 1.17 bits per heavy atom. The van der Waals surface area contributed by atoms with Gasteiger partial charge in [0.15, 0.2) is 0 Å². The fourth-order valence-corrected chi connectivity index (χ4v) is 2.93. The van der Waals surface area contributed by atoms with Gasteiger partial charge in [0.05, 0.1) is 0 Å². The van der Waals surface area contributed by atoms with E-state index in [4.69, 9.17) is 0 Å². The van der Waals surface area contributed by atoms with Gasteiger partial charge in [0.25, 0.3) is 0 Å². The summed E-state index contributed by atoms with van der Waals surface area (Å²) >= 11 is 0. The Kier molecular flexibility index (Phi) is 6.35. The minimum atomic E-state index is -0.262. The molecule has 1 heterocycles. The number of halogens is 2. The van der Waals surface area contributed by atoms with Gasteiger partial charge in [-0.15, -0.1) is 12.4 Å². The average Bonchev–Trinajstić information content (AvgIpc) is 3.00. The van der Waals surface area contributed by atoms with Crippen LogP contribution in [0.4, 0.5) is 4.39 Å². The Hall–Kier alpha value is -1.91. The maximum Gasteiger partial charge on any atom is 0.223 e. The Morgan fingerprint density at radius 2 is 1.96 bits per heavy atom. The third kappa shape index (κ3) is 4.56. The maximum atomic E-state index is 13.2. The number of hydrogen-bond donors (Lipinski definition) is 2. The van der Waals surface area contributed by atoms with Gasteiger partial charge in [-0.3, -0.25) is 4.79 Å². The molecule has 0 spiro atoms. The first-order valence-corrected chi connectivity index (χ1v) is 7.95. The molecule has 1 unspecified atom stereocenters. The van der Waals surface area contributed by atoms with Crippen LogP contribution in [0.2, 0.25) is 0 Å². The summed E-state index contributed by atoms with van der Waals surface area (Å²) < 4.78 is 13.2. The Morgan fingerprint density at radius 3 is 2.75 bits per heavy atom. The molecule has 5 heteroatoms. The van der Waals surface area contributed by atoms with Gasteiger partial charge in [-0.05, 0) is 40.8 Å². The predicted octanol–water partition coefficient (Wildman–Crippen LogP) is 3.35. The largest absolute Gasteiger partial charge is 0.352 e. The lowest BCUT2D eigenvalue weighted by molar-refractivity contribution is -0.124. The van der Waals surface area contributed by atoms with Gasteiger partial charge in [-0.2, -0.15) is 0 Å². The number of hydrogen-bond acceptors (Lipinski definition) is 2. The number of benzene rings is 2. The monoisotopic (exact) mass is 348 g/mol. The molecule has 24 heavy (non-hydrogen) atoms. The molecule has 1 amide bonds. The maximum absolute atomic E-state index is 13.2. The van der Waals surface area contributed by atoms with Crippen molar-refractivity contribution in [1.82, 2.24) is 10.6 Å². The third-order valence-corrected chi connectivity index (χ3v) is 4.25. The summed E-state index contributed by atoms with van der Waals surface area (Å²) in [6, 6.07) is 12.7. The van der Waals surface area contributed by atoms with Crippen molar-refractivity contribution in [3.63, 3.8) is 0 Å². The van der Waals surface area contributed by atoms with Gasteiger partial charge in [0.2, 0.25) is 5.91 Å². The summed E-state index contributed by atoms with van der Waals surface area (Å²) in [5.74, 6) is -0.456. The highest BCUT2D eigenvalue weighted by atomic mass is 35.5. The summed E-state index contributed by atoms with van der Waals surface area (Å²) in [4.78, 5) is 12.2. The molecule has 0 saturated carbocycles. The molecule has 3 nitrogen and oxygen atoms in total. The van der Waals surface area contributed by atoms with Crippen LogP contribution in [0.15, 0.2) is 42.5 Å². The zero-order valence-corrected chi connectivity index (χ0v) is 14.5. The van der Waals surface area contributed by atoms with Crippen LogP contribution in [-0.2, 0) is 30.8 Å². The average molecular weight is 349 g/mol. The second kappa shape index (κ2) is 8.27. The standard InChI is InChI=1S/C19H21FN2O.ClH/c1-13(7-14-3-2-4-18(20)9-14)19(23)22-10-15-5-6-16-11-21-12-17(16)8-15;/h2-6,8-9,13,21H,7,10-12H2,1H3,(H,22,23);1H. The van der Waals surface area contributed by atoms with E-state index in [0.717, 1.165) is 24.2 Å². The van der Waals surface area contributed by atoms with Crippen LogP contribution in [0.5, 0.6) is 0 Å². The van der Waals surface area contributed by atoms with E-state index in [1.807, 2.05) is 13.0 Å². The Labute approximate surface area is 148 Å². The smallest absolute Gasteiger partial charge is 0.223 e. The zero-order valence-electron chi connectivity index (χ0n) is 13.6. The van der Waals surface area contributed by atoms with Crippen LogP contribution in [0.1, 0.15) is 29.2 Å². The molecule has 0 aliphatic carbocycles. The van der Waals surface area contributed by atoms with Gasteiger partial charge in [0, 0.05) is 25.6 Å². The van der Waals surface area contributed by atoms with E-state index in [2.05, 4.69) is 28.8 Å². The molecular weight excluding hydrogens is 327 g/mol. The van der Waals surface area contributed by atoms with Crippen molar-refractivity contribution in [2.45, 2.75) is 33.0 Å². The molecular formula is C19H22ClFN2O. The first-order chi connectivity index (χ1) is 11.1.